The molecule has 0 bridgehead atoms. The maximum absolute atomic E-state index is 12.2. The molecule has 1 amide bonds. The Labute approximate surface area is 175 Å². The van der Waals surface area contributed by atoms with Gasteiger partial charge in [-0.3, -0.25) is 9.79 Å². The molecule has 2 N–H and O–H groups in total. The summed E-state index contributed by atoms with van der Waals surface area (Å²) in [6, 6.07) is 4.50. The van der Waals surface area contributed by atoms with E-state index in [1.54, 1.807) is 7.05 Å². The van der Waals surface area contributed by atoms with E-state index in [2.05, 4.69) is 44.6 Å². The summed E-state index contributed by atoms with van der Waals surface area (Å²) in [5.74, 6) is 2.94. The van der Waals surface area contributed by atoms with Gasteiger partial charge in [-0.1, -0.05) is 26.8 Å². The second kappa shape index (κ2) is 9.94. The smallest absolute Gasteiger partial charge is 0.225 e. The van der Waals surface area contributed by atoms with Crippen LogP contribution in [0.2, 0.25) is 0 Å². The zero-order valence-corrected chi connectivity index (χ0v) is 18.3. The molecule has 1 aromatic rings. The van der Waals surface area contributed by atoms with Crippen LogP contribution < -0.4 is 15.5 Å². The van der Waals surface area contributed by atoms with Crippen LogP contribution in [0.5, 0.6) is 0 Å². The molecule has 0 radical (unpaired) electrons. The van der Waals surface area contributed by atoms with Crippen molar-refractivity contribution in [2.24, 2.45) is 16.8 Å². The lowest BCUT2D eigenvalue weighted by molar-refractivity contribution is -0.133. The second-order valence-corrected chi connectivity index (χ2v) is 8.69. The fourth-order valence-electron chi connectivity index (χ4n) is 3.96. The number of carbonyl (C=O) groups is 1. The van der Waals surface area contributed by atoms with Gasteiger partial charge in [0.05, 0.1) is 0 Å². The third-order valence-corrected chi connectivity index (χ3v) is 5.93. The van der Waals surface area contributed by atoms with E-state index in [9.17, 15) is 4.79 Å². The Bertz CT molecular complexity index is 694. The van der Waals surface area contributed by atoms with Gasteiger partial charge < -0.3 is 20.4 Å². The fraction of sp³-hybridized carbons (Fsp3) is 0.682. The molecule has 2 aliphatic heterocycles. The lowest BCUT2D eigenvalue weighted by atomic mass is 9.99. The summed E-state index contributed by atoms with van der Waals surface area (Å²) in [6.07, 6.45) is 5.39. The number of guanidine groups is 1. The molecular weight excluding hydrogens is 364 g/mol. The number of hydrogen-bond donors (Lipinski definition) is 2. The number of hydrogen-bond acceptors (Lipinski definition) is 4. The number of piperidine rings is 1. The molecule has 2 fully saturated rings. The predicted octanol–water partition coefficient (Wildman–Crippen LogP) is 2.24. The topological polar surface area (TPSA) is 72.9 Å². The Hall–Kier alpha value is -2.31. The molecule has 7 heteroatoms. The molecule has 29 heavy (non-hydrogen) atoms. The first-order valence-electron chi connectivity index (χ1n) is 10.9. The SMILES string of the molecule is CN=C(NCc1ccc(N2CCC(C)CC2)nc1)NC1CCN(C(=O)C(C)C)C1. The Morgan fingerprint density at radius 2 is 2.00 bits per heavy atom. The average molecular weight is 401 g/mol. The molecule has 3 rings (SSSR count). The first kappa shape index (κ1) is 21.4. The maximum Gasteiger partial charge on any atom is 0.225 e. The maximum atomic E-state index is 12.2. The van der Waals surface area contributed by atoms with Crippen LogP contribution in [-0.2, 0) is 11.3 Å². The standard InChI is InChI=1S/C22H36N6O/c1-16(2)21(29)28-12-9-19(15-28)26-22(23-4)25-14-18-5-6-20(24-13-18)27-10-7-17(3)8-11-27/h5-6,13,16-17,19H,7-12,14-15H2,1-4H3,(H2,23,25,26). The molecule has 1 aromatic heterocycles. The van der Waals surface area contributed by atoms with E-state index >= 15 is 0 Å². The summed E-state index contributed by atoms with van der Waals surface area (Å²) in [7, 11) is 1.78. The van der Waals surface area contributed by atoms with Crippen molar-refractivity contribution in [3.8, 4) is 0 Å². The van der Waals surface area contributed by atoms with Crippen LogP contribution in [0.4, 0.5) is 5.82 Å². The quantitative estimate of drug-likeness (QED) is 0.586. The van der Waals surface area contributed by atoms with Crippen LogP contribution in [-0.4, -0.2) is 61.0 Å². The van der Waals surface area contributed by atoms with Gasteiger partial charge in [-0.05, 0) is 36.8 Å². The number of anilines is 1. The molecule has 160 valence electrons. The molecule has 1 atom stereocenters. The van der Waals surface area contributed by atoms with Gasteiger partial charge in [-0.25, -0.2) is 4.98 Å². The number of rotatable bonds is 5. The zero-order chi connectivity index (χ0) is 20.8. The van der Waals surface area contributed by atoms with Crippen molar-refractivity contribution in [3.05, 3.63) is 23.9 Å². The summed E-state index contributed by atoms with van der Waals surface area (Å²) in [4.78, 5) is 25.5. The highest BCUT2D eigenvalue weighted by Crippen LogP contribution is 2.21. The number of nitrogens with zero attached hydrogens (tertiary/aromatic N) is 4. The van der Waals surface area contributed by atoms with Crippen LogP contribution in [0, 0.1) is 11.8 Å². The van der Waals surface area contributed by atoms with Gasteiger partial charge in [0.1, 0.15) is 5.82 Å². The van der Waals surface area contributed by atoms with E-state index in [1.165, 1.54) is 12.8 Å². The highest BCUT2D eigenvalue weighted by molar-refractivity contribution is 5.81. The lowest BCUT2D eigenvalue weighted by Gasteiger charge is -2.31. The van der Waals surface area contributed by atoms with Crippen LogP contribution in [0.3, 0.4) is 0 Å². The number of pyridine rings is 1. The normalized spacial score (nSPS) is 21.0. The van der Waals surface area contributed by atoms with Gasteiger partial charge in [0.25, 0.3) is 0 Å². The van der Waals surface area contributed by atoms with Gasteiger partial charge in [-0.15, -0.1) is 0 Å². The predicted molar refractivity (Wildman–Crippen MR) is 118 cm³/mol. The molecule has 2 saturated heterocycles. The average Bonchev–Trinajstić information content (AvgIpc) is 3.20. The van der Waals surface area contributed by atoms with Crippen molar-refractivity contribution >= 4 is 17.7 Å². The summed E-state index contributed by atoms with van der Waals surface area (Å²) in [6.45, 7) is 10.6. The lowest BCUT2D eigenvalue weighted by Crippen LogP contribution is -2.45. The number of aromatic nitrogens is 1. The summed E-state index contributed by atoms with van der Waals surface area (Å²) in [5, 5.41) is 6.81. The Morgan fingerprint density at radius 3 is 2.62 bits per heavy atom. The Balaban J connectivity index is 1.45. The summed E-state index contributed by atoms with van der Waals surface area (Å²) < 4.78 is 0. The minimum atomic E-state index is 0.0509. The number of nitrogens with one attached hydrogen (secondary N) is 2. The van der Waals surface area contributed by atoms with Crippen molar-refractivity contribution in [1.29, 1.82) is 0 Å². The Kier molecular flexibility index (Phi) is 7.34. The highest BCUT2D eigenvalue weighted by Gasteiger charge is 2.28. The van der Waals surface area contributed by atoms with Crippen LogP contribution >= 0.6 is 0 Å². The van der Waals surface area contributed by atoms with Crippen molar-refractivity contribution in [3.63, 3.8) is 0 Å². The first-order chi connectivity index (χ1) is 14.0. The van der Waals surface area contributed by atoms with E-state index in [1.807, 2.05) is 24.9 Å². The van der Waals surface area contributed by atoms with Crippen molar-refractivity contribution in [1.82, 2.24) is 20.5 Å². The van der Waals surface area contributed by atoms with Crippen LogP contribution in [0.25, 0.3) is 0 Å². The molecule has 7 nitrogen and oxygen atoms in total. The van der Waals surface area contributed by atoms with Crippen LogP contribution in [0.15, 0.2) is 23.3 Å². The fourth-order valence-corrected chi connectivity index (χ4v) is 3.96. The molecule has 1 unspecified atom stereocenters. The van der Waals surface area contributed by atoms with Crippen molar-refractivity contribution in [2.45, 2.75) is 52.6 Å². The zero-order valence-electron chi connectivity index (χ0n) is 18.3. The largest absolute Gasteiger partial charge is 0.357 e. The summed E-state index contributed by atoms with van der Waals surface area (Å²) in [5.41, 5.74) is 1.13. The second-order valence-electron chi connectivity index (χ2n) is 8.69. The Morgan fingerprint density at radius 1 is 1.24 bits per heavy atom. The van der Waals surface area contributed by atoms with E-state index in [0.29, 0.717) is 6.54 Å². The van der Waals surface area contributed by atoms with E-state index < -0.39 is 0 Å². The van der Waals surface area contributed by atoms with E-state index in [-0.39, 0.29) is 17.9 Å². The molecule has 0 saturated carbocycles. The number of aliphatic imine (C=N–C) groups is 1. The van der Waals surface area contributed by atoms with Gasteiger partial charge in [-0.2, -0.15) is 0 Å². The van der Waals surface area contributed by atoms with E-state index in [4.69, 9.17) is 0 Å². The van der Waals surface area contributed by atoms with Gasteiger partial charge in [0.15, 0.2) is 5.96 Å². The minimum absolute atomic E-state index is 0.0509. The molecule has 2 aliphatic rings. The van der Waals surface area contributed by atoms with Gasteiger partial charge >= 0.3 is 0 Å². The van der Waals surface area contributed by atoms with Gasteiger partial charge in [0.2, 0.25) is 5.91 Å². The molecular formula is C22H36N6O. The molecule has 3 heterocycles. The van der Waals surface area contributed by atoms with E-state index in [0.717, 1.165) is 55.9 Å². The third kappa shape index (κ3) is 5.84. The number of amides is 1. The third-order valence-electron chi connectivity index (χ3n) is 5.93. The summed E-state index contributed by atoms with van der Waals surface area (Å²) >= 11 is 0. The first-order valence-corrected chi connectivity index (χ1v) is 10.9. The van der Waals surface area contributed by atoms with Gasteiger partial charge in [0, 0.05) is 57.9 Å². The van der Waals surface area contributed by atoms with Crippen LogP contribution in [0.1, 0.15) is 45.6 Å². The minimum Gasteiger partial charge on any atom is -0.357 e. The monoisotopic (exact) mass is 400 g/mol. The number of likely N-dealkylation sites (tertiary alicyclic amines) is 1. The number of carbonyl (C=O) groups excluding carboxylic acids is 1. The molecule has 0 aliphatic carbocycles. The van der Waals surface area contributed by atoms with Crippen molar-refractivity contribution in [2.75, 3.05) is 38.1 Å². The molecule has 0 aromatic carbocycles. The molecule has 0 spiro atoms. The highest BCUT2D eigenvalue weighted by atomic mass is 16.2. The van der Waals surface area contributed by atoms with Crippen molar-refractivity contribution < 1.29 is 4.79 Å².